The zero-order valence-electron chi connectivity index (χ0n) is 9.98. The lowest BCUT2D eigenvalue weighted by molar-refractivity contribution is -0.383. The molecule has 1 aliphatic heterocycles. The molecule has 1 heterocycles. The van der Waals surface area contributed by atoms with E-state index in [2.05, 4.69) is 5.32 Å². The fraction of sp³-hybridized carbons (Fsp3) is 0.455. The Morgan fingerprint density at radius 1 is 1.44 bits per heavy atom. The minimum atomic E-state index is -0.460. The van der Waals surface area contributed by atoms with Crippen LogP contribution < -0.4 is 10.2 Å². The maximum Gasteiger partial charge on any atom is 0.312 e. The van der Waals surface area contributed by atoms with Gasteiger partial charge >= 0.3 is 5.69 Å². The van der Waals surface area contributed by atoms with Crippen LogP contribution in [0.3, 0.4) is 0 Å². The number of nitro benzene ring substituents is 1. The lowest BCUT2D eigenvalue weighted by Crippen LogP contribution is -2.36. The van der Waals surface area contributed by atoms with Crippen molar-refractivity contribution < 1.29 is 9.66 Å². The molecule has 0 atom stereocenters. The van der Waals surface area contributed by atoms with E-state index in [9.17, 15) is 10.1 Å². The first-order valence-corrected chi connectivity index (χ1v) is 6.00. The van der Waals surface area contributed by atoms with E-state index in [4.69, 9.17) is 16.3 Å². The third kappa shape index (κ3) is 2.34. The van der Waals surface area contributed by atoms with Crippen LogP contribution >= 0.6 is 11.6 Å². The van der Waals surface area contributed by atoms with Gasteiger partial charge in [0, 0.05) is 20.1 Å². The van der Waals surface area contributed by atoms with E-state index in [1.54, 1.807) is 19.2 Å². The molecule has 0 amide bonds. The van der Waals surface area contributed by atoms with Gasteiger partial charge in [0.25, 0.3) is 0 Å². The zero-order chi connectivity index (χ0) is 13.1. The van der Waals surface area contributed by atoms with Crippen LogP contribution in [-0.4, -0.2) is 38.3 Å². The third-order valence-electron chi connectivity index (χ3n) is 2.90. The number of halogens is 1. The summed E-state index contributed by atoms with van der Waals surface area (Å²) < 4.78 is 5.25. The number of rotatable bonds is 3. The van der Waals surface area contributed by atoms with Crippen molar-refractivity contribution in [3.05, 3.63) is 27.3 Å². The molecule has 0 saturated carbocycles. The summed E-state index contributed by atoms with van der Waals surface area (Å²) in [5.74, 6) is 0. The van der Waals surface area contributed by atoms with Gasteiger partial charge in [0.05, 0.1) is 23.8 Å². The molecule has 18 heavy (non-hydrogen) atoms. The van der Waals surface area contributed by atoms with E-state index in [0.29, 0.717) is 37.7 Å². The first-order chi connectivity index (χ1) is 8.65. The van der Waals surface area contributed by atoms with Crippen molar-refractivity contribution in [3.63, 3.8) is 0 Å². The van der Waals surface area contributed by atoms with Crippen molar-refractivity contribution in [2.45, 2.75) is 0 Å². The van der Waals surface area contributed by atoms with Gasteiger partial charge < -0.3 is 15.0 Å². The summed E-state index contributed by atoms with van der Waals surface area (Å²) in [6.07, 6.45) is 0. The molecule has 2 rings (SSSR count). The largest absolute Gasteiger partial charge is 0.383 e. The molecule has 1 aromatic carbocycles. The van der Waals surface area contributed by atoms with Crippen LogP contribution in [-0.2, 0) is 4.74 Å². The SMILES string of the molecule is CNc1ccc(N2CCOCC2)c(Cl)c1[N+](=O)[O-]. The lowest BCUT2D eigenvalue weighted by atomic mass is 10.2. The number of ether oxygens (including phenoxy) is 1. The van der Waals surface area contributed by atoms with Gasteiger partial charge in [0.15, 0.2) is 0 Å². The van der Waals surface area contributed by atoms with E-state index in [1.807, 2.05) is 4.90 Å². The summed E-state index contributed by atoms with van der Waals surface area (Å²) in [7, 11) is 1.63. The molecule has 98 valence electrons. The van der Waals surface area contributed by atoms with Crippen molar-refractivity contribution in [1.29, 1.82) is 0 Å². The van der Waals surface area contributed by atoms with Crippen LogP contribution in [0.1, 0.15) is 0 Å². The molecule has 0 radical (unpaired) electrons. The molecular weight excluding hydrogens is 258 g/mol. The fourth-order valence-corrected chi connectivity index (χ4v) is 2.34. The summed E-state index contributed by atoms with van der Waals surface area (Å²) in [5.41, 5.74) is 1.02. The number of morpholine rings is 1. The van der Waals surface area contributed by atoms with Gasteiger partial charge in [0.2, 0.25) is 0 Å². The van der Waals surface area contributed by atoms with Crippen molar-refractivity contribution >= 4 is 28.7 Å². The molecule has 7 heteroatoms. The van der Waals surface area contributed by atoms with E-state index >= 15 is 0 Å². The Bertz CT molecular complexity index is 461. The summed E-state index contributed by atoms with van der Waals surface area (Å²) in [4.78, 5) is 12.6. The minimum absolute atomic E-state index is 0.0804. The number of hydrogen-bond donors (Lipinski definition) is 1. The molecule has 0 spiro atoms. The monoisotopic (exact) mass is 271 g/mol. The predicted molar refractivity (Wildman–Crippen MR) is 70.7 cm³/mol. The molecule has 0 aromatic heterocycles. The van der Waals surface area contributed by atoms with E-state index in [0.717, 1.165) is 0 Å². The highest BCUT2D eigenvalue weighted by Gasteiger charge is 2.24. The first kappa shape index (κ1) is 12.9. The van der Waals surface area contributed by atoms with Crippen molar-refractivity contribution in [2.75, 3.05) is 43.6 Å². The van der Waals surface area contributed by atoms with Gasteiger partial charge in [-0.15, -0.1) is 0 Å². The smallest absolute Gasteiger partial charge is 0.312 e. The van der Waals surface area contributed by atoms with Crippen LogP contribution in [0.2, 0.25) is 5.02 Å². The van der Waals surface area contributed by atoms with Crippen LogP contribution in [0, 0.1) is 10.1 Å². The highest BCUT2D eigenvalue weighted by Crippen LogP contribution is 2.39. The molecule has 0 aliphatic carbocycles. The van der Waals surface area contributed by atoms with Gasteiger partial charge in [-0.3, -0.25) is 10.1 Å². The number of anilines is 2. The fourth-order valence-electron chi connectivity index (χ4n) is 1.98. The maximum atomic E-state index is 11.1. The summed E-state index contributed by atoms with van der Waals surface area (Å²) in [5, 5.41) is 14.0. The van der Waals surface area contributed by atoms with Crippen molar-refractivity contribution in [1.82, 2.24) is 0 Å². The summed E-state index contributed by atoms with van der Waals surface area (Å²) >= 11 is 6.16. The minimum Gasteiger partial charge on any atom is -0.383 e. The Labute approximate surface area is 110 Å². The normalized spacial score (nSPS) is 15.6. The van der Waals surface area contributed by atoms with Gasteiger partial charge in [-0.2, -0.15) is 0 Å². The second kappa shape index (κ2) is 5.41. The standard InChI is InChI=1S/C11H14ClN3O3/c1-13-8-2-3-9(10(12)11(8)15(16)17)14-4-6-18-7-5-14/h2-3,13H,4-7H2,1H3. The van der Waals surface area contributed by atoms with Gasteiger partial charge in [-0.1, -0.05) is 11.6 Å². The van der Waals surface area contributed by atoms with E-state index in [1.165, 1.54) is 0 Å². The lowest BCUT2D eigenvalue weighted by Gasteiger charge is -2.29. The van der Waals surface area contributed by atoms with Crippen LogP contribution in [0.15, 0.2) is 12.1 Å². The topological polar surface area (TPSA) is 67.6 Å². The van der Waals surface area contributed by atoms with Crippen LogP contribution in [0.5, 0.6) is 0 Å². The number of nitrogens with one attached hydrogen (secondary N) is 1. The molecule has 1 saturated heterocycles. The van der Waals surface area contributed by atoms with E-state index in [-0.39, 0.29) is 10.7 Å². The number of hydrogen-bond acceptors (Lipinski definition) is 5. The summed E-state index contributed by atoms with van der Waals surface area (Å²) in [6.45, 7) is 2.60. The second-order valence-corrected chi connectivity index (χ2v) is 4.28. The van der Waals surface area contributed by atoms with Crippen molar-refractivity contribution in [3.8, 4) is 0 Å². The van der Waals surface area contributed by atoms with Gasteiger partial charge in [0.1, 0.15) is 10.7 Å². The zero-order valence-corrected chi connectivity index (χ0v) is 10.7. The van der Waals surface area contributed by atoms with Gasteiger partial charge in [-0.05, 0) is 12.1 Å². The Balaban J connectivity index is 2.42. The van der Waals surface area contributed by atoms with Gasteiger partial charge in [-0.25, -0.2) is 0 Å². The second-order valence-electron chi connectivity index (χ2n) is 3.90. The number of nitro groups is 1. The molecule has 1 aromatic rings. The summed E-state index contributed by atoms with van der Waals surface area (Å²) in [6, 6.07) is 3.47. The average Bonchev–Trinajstić information content (AvgIpc) is 2.38. The molecule has 1 N–H and O–H groups in total. The van der Waals surface area contributed by atoms with Crippen molar-refractivity contribution in [2.24, 2.45) is 0 Å². The highest BCUT2D eigenvalue weighted by molar-refractivity contribution is 6.36. The van der Waals surface area contributed by atoms with Crippen LogP contribution in [0.25, 0.3) is 0 Å². The Kier molecular flexibility index (Phi) is 3.88. The molecule has 1 fully saturated rings. The highest BCUT2D eigenvalue weighted by atomic mass is 35.5. The molecule has 1 aliphatic rings. The Morgan fingerprint density at radius 3 is 2.67 bits per heavy atom. The average molecular weight is 272 g/mol. The quantitative estimate of drug-likeness (QED) is 0.674. The Hall–Kier alpha value is -1.53. The molecule has 6 nitrogen and oxygen atoms in total. The number of nitrogens with zero attached hydrogens (tertiary/aromatic N) is 2. The van der Waals surface area contributed by atoms with E-state index < -0.39 is 4.92 Å². The van der Waals surface area contributed by atoms with Crippen LogP contribution in [0.4, 0.5) is 17.1 Å². The molecule has 0 unspecified atom stereocenters. The third-order valence-corrected chi connectivity index (χ3v) is 3.27. The first-order valence-electron chi connectivity index (χ1n) is 5.62. The Morgan fingerprint density at radius 2 is 2.11 bits per heavy atom. The maximum absolute atomic E-state index is 11.1. The molecule has 0 bridgehead atoms. The predicted octanol–water partition coefficient (Wildman–Crippen LogP) is 2.13. The molecular formula is C11H14ClN3O3. The number of benzene rings is 1.